The van der Waals surface area contributed by atoms with Crippen molar-refractivity contribution in [2.45, 2.75) is 19.6 Å². The highest BCUT2D eigenvalue weighted by molar-refractivity contribution is 7.20. The van der Waals surface area contributed by atoms with Gasteiger partial charge in [-0.1, -0.05) is 6.07 Å². The van der Waals surface area contributed by atoms with Crippen LogP contribution in [0.5, 0.6) is 0 Å². The fraction of sp³-hybridized carbons (Fsp3) is 0.200. The van der Waals surface area contributed by atoms with Gasteiger partial charge < -0.3 is 9.32 Å². The molecule has 1 aromatic carbocycles. The standard InChI is InChI=1S/C20H16F3N3O2S/c1-12-16-10-17(18(27)25(2)11-15-7-4-8-28-15)29-19(16)26(24-12)14-6-3-5-13(9-14)20(21,22)23/h3-10H,11H2,1-2H3. The summed E-state index contributed by atoms with van der Waals surface area (Å²) in [6, 6.07) is 10.2. The molecule has 0 fully saturated rings. The highest BCUT2D eigenvalue weighted by Gasteiger charge is 2.31. The Kier molecular flexibility index (Phi) is 4.70. The van der Waals surface area contributed by atoms with Gasteiger partial charge in [0.05, 0.1) is 34.6 Å². The number of hydrogen-bond donors (Lipinski definition) is 0. The van der Waals surface area contributed by atoms with Crippen LogP contribution in [-0.4, -0.2) is 27.6 Å². The molecule has 1 amide bonds. The van der Waals surface area contributed by atoms with Gasteiger partial charge in [-0.2, -0.15) is 18.3 Å². The molecule has 0 atom stereocenters. The second-order valence-corrected chi connectivity index (χ2v) is 7.65. The van der Waals surface area contributed by atoms with Gasteiger partial charge >= 0.3 is 6.18 Å². The number of halogens is 3. The maximum absolute atomic E-state index is 13.1. The smallest absolute Gasteiger partial charge is 0.416 e. The molecule has 0 saturated heterocycles. The van der Waals surface area contributed by atoms with Gasteiger partial charge in [0.25, 0.3) is 5.91 Å². The monoisotopic (exact) mass is 419 g/mol. The molecule has 150 valence electrons. The minimum absolute atomic E-state index is 0.197. The molecule has 0 radical (unpaired) electrons. The Balaban J connectivity index is 1.70. The van der Waals surface area contributed by atoms with Crippen molar-refractivity contribution < 1.29 is 22.4 Å². The van der Waals surface area contributed by atoms with E-state index in [4.69, 9.17) is 4.42 Å². The van der Waals surface area contributed by atoms with Gasteiger partial charge in [-0.15, -0.1) is 11.3 Å². The Morgan fingerprint density at radius 1 is 1.24 bits per heavy atom. The highest BCUT2D eigenvalue weighted by atomic mass is 32.1. The fourth-order valence-electron chi connectivity index (χ4n) is 3.04. The summed E-state index contributed by atoms with van der Waals surface area (Å²) in [5, 5.41) is 5.11. The molecule has 0 aliphatic heterocycles. The number of furan rings is 1. The topological polar surface area (TPSA) is 51.3 Å². The lowest BCUT2D eigenvalue weighted by Crippen LogP contribution is -2.25. The van der Waals surface area contributed by atoms with Crippen LogP contribution in [0.1, 0.15) is 26.7 Å². The number of hydrogen-bond acceptors (Lipinski definition) is 4. The van der Waals surface area contributed by atoms with Crippen LogP contribution >= 0.6 is 11.3 Å². The van der Waals surface area contributed by atoms with E-state index in [9.17, 15) is 18.0 Å². The van der Waals surface area contributed by atoms with Crippen LogP contribution in [0.15, 0.2) is 53.1 Å². The normalized spacial score (nSPS) is 11.9. The summed E-state index contributed by atoms with van der Waals surface area (Å²) >= 11 is 1.20. The van der Waals surface area contributed by atoms with Crippen LogP contribution in [0.2, 0.25) is 0 Å². The van der Waals surface area contributed by atoms with Crippen molar-refractivity contribution in [3.05, 3.63) is 70.6 Å². The molecule has 3 heterocycles. The van der Waals surface area contributed by atoms with E-state index in [-0.39, 0.29) is 5.91 Å². The Hall–Kier alpha value is -3.07. The summed E-state index contributed by atoms with van der Waals surface area (Å²) < 4.78 is 45.9. The molecule has 0 saturated carbocycles. The average Bonchev–Trinajstić information content (AvgIpc) is 3.39. The number of carbonyl (C=O) groups excluding carboxylic acids is 1. The number of thiophene rings is 1. The first-order chi connectivity index (χ1) is 13.7. The van der Waals surface area contributed by atoms with Crippen LogP contribution in [0.3, 0.4) is 0 Å². The number of aromatic nitrogens is 2. The third-order valence-electron chi connectivity index (χ3n) is 4.49. The van der Waals surface area contributed by atoms with E-state index >= 15 is 0 Å². The highest BCUT2D eigenvalue weighted by Crippen LogP contribution is 2.34. The van der Waals surface area contributed by atoms with Crippen molar-refractivity contribution in [3.63, 3.8) is 0 Å². The molecule has 0 aliphatic carbocycles. The molecule has 3 aromatic heterocycles. The van der Waals surface area contributed by atoms with E-state index < -0.39 is 11.7 Å². The first kappa shape index (κ1) is 19.3. The number of nitrogens with zero attached hydrogens (tertiary/aromatic N) is 3. The summed E-state index contributed by atoms with van der Waals surface area (Å²) in [7, 11) is 1.67. The summed E-state index contributed by atoms with van der Waals surface area (Å²) in [5.41, 5.74) is 0.187. The summed E-state index contributed by atoms with van der Waals surface area (Å²) in [4.78, 5) is 15.4. The average molecular weight is 419 g/mol. The van der Waals surface area contributed by atoms with E-state index in [0.29, 0.717) is 33.4 Å². The van der Waals surface area contributed by atoms with Gasteiger partial charge in [-0.05, 0) is 43.3 Å². The van der Waals surface area contributed by atoms with Crippen molar-refractivity contribution in [1.29, 1.82) is 0 Å². The number of amides is 1. The van der Waals surface area contributed by atoms with E-state index in [0.717, 1.165) is 17.5 Å². The largest absolute Gasteiger partial charge is 0.467 e. The second-order valence-electron chi connectivity index (χ2n) is 6.62. The van der Waals surface area contributed by atoms with Gasteiger partial charge in [0, 0.05) is 12.4 Å². The van der Waals surface area contributed by atoms with Gasteiger partial charge in [0.2, 0.25) is 0 Å². The quantitative estimate of drug-likeness (QED) is 0.452. The Morgan fingerprint density at radius 2 is 2.03 bits per heavy atom. The van der Waals surface area contributed by atoms with Gasteiger partial charge in [0.15, 0.2) is 0 Å². The first-order valence-corrected chi connectivity index (χ1v) is 9.50. The number of aryl methyl sites for hydroxylation is 1. The number of rotatable bonds is 4. The number of benzene rings is 1. The molecule has 0 N–H and O–H groups in total. The van der Waals surface area contributed by atoms with Crippen molar-refractivity contribution in [2.24, 2.45) is 0 Å². The molecule has 5 nitrogen and oxygen atoms in total. The zero-order valence-electron chi connectivity index (χ0n) is 15.5. The number of fused-ring (bicyclic) bond motifs is 1. The van der Waals surface area contributed by atoms with E-state index in [1.807, 2.05) is 0 Å². The molecule has 0 aliphatic rings. The number of alkyl halides is 3. The molecule has 29 heavy (non-hydrogen) atoms. The van der Waals surface area contributed by atoms with E-state index in [1.165, 1.54) is 27.0 Å². The van der Waals surface area contributed by atoms with E-state index in [1.54, 1.807) is 44.5 Å². The minimum Gasteiger partial charge on any atom is -0.467 e. The zero-order chi connectivity index (χ0) is 20.8. The maximum atomic E-state index is 13.1. The SMILES string of the molecule is Cc1nn(-c2cccc(C(F)(F)F)c2)c2sc(C(=O)N(C)Cc3ccco3)cc12. The van der Waals surface area contributed by atoms with Crippen molar-refractivity contribution in [2.75, 3.05) is 7.05 Å². The summed E-state index contributed by atoms with van der Waals surface area (Å²) in [5.74, 6) is 0.464. The van der Waals surface area contributed by atoms with Gasteiger partial charge in [-0.25, -0.2) is 4.68 Å². The zero-order valence-corrected chi connectivity index (χ0v) is 16.3. The lowest BCUT2D eigenvalue weighted by molar-refractivity contribution is -0.137. The van der Waals surface area contributed by atoms with Crippen molar-refractivity contribution in [3.8, 4) is 5.69 Å². The molecule has 4 rings (SSSR count). The molecule has 0 spiro atoms. The molecular weight excluding hydrogens is 403 g/mol. The summed E-state index contributed by atoms with van der Waals surface area (Å²) in [6.45, 7) is 2.08. The van der Waals surface area contributed by atoms with Crippen LogP contribution in [0, 0.1) is 6.92 Å². The number of carbonyl (C=O) groups is 1. The molecule has 0 unspecified atom stereocenters. The predicted octanol–water partition coefficient (Wildman–Crippen LogP) is 5.28. The lowest BCUT2D eigenvalue weighted by atomic mass is 10.2. The van der Waals surface area contributed by atoms with Crippen LogP contribution in [0.4, 0.5) is 13.2 Å². The Morgan fingerprint density at radius 3 is 2.72 bits per heavy atom. The van der Waals surface area contributed by atoms with Crippen LogP contribution in [0.25, 0.3) is 15.9 Å². The predicted molar refractivity (Wildman–Crippen MR) is 103 cm³/mol. The van der Waals surface area contributed by atoms with Gasteiger partial charge in [0.1, 0.15) is 10.6 Å². The minimum atomic E-state index is -4.44. The maximum Gasteiger partial charge on any atom is 0.416 e. The lowest BCUT2D eigenvalue weighted by Gasteiger charge is -2.14. The Labute approximate surface area is 168 Å². The van der Waals surface area contributed by atoms with Crippen LogP contribution in [-0.2, 0) is 12.7 Å². The molecular formula is C20H16F3N3O2S. The van der Waals surface area contributed by atoms with Gasteiger partial charge in [-0.3, -0.25) is 4.79 Å². The second kappa shape index (κ2) is 7.07. The molecule has 4 aromatic rings. The van der Waals surface area contributed by atoms with Crippen molar-refractivity contribution in [1.82, 2.24) is 14.7 Å². The molecule has 0 bridgehead atoms. The van der Waals surface area contributed by atoms with Crippen LogP contribution < -0.4 is 0 Å². The first-order valence-electron chi connectivity index (χ1n) is 8.68. The fourth-order valence-corrected chi connectivity index (χ4v) is 4.22. The Bertz CT molecular complexity index is 1180. The molecule has 9 heteroatoms. The third kappa shape index (κ3) is 3.65. The van der Waals surface area contributed by atoms with E-state index in [2.05, 4.69) is 5.10 Å². The third-order valence-corrected chi connectivity index (χ3v) is 5.59. The summed E-state index contributed by atoms with van der Waals surface area (Å²) in [6.07, 6.45) is -2.90. The van der Waals surface area contributed by atoms with Crippen molar-refractivity contribution >= 4 is 27.5 Å².